The number of halogens is 1. The number of hydrogen-bond acceptors (Lipinski definition) is 4. The molecule has 1 N–H and O–H groups in total. The minimum absolute atomic E-state index is 0.0438. The Labute approximate surface area is 173 Å². The van der Waals surface area contributed by atoms with Crippen LogP contribution in [0.25, 0.3) is 11.3 Å². The third-order valence-electron chi connectivity index (χ3n) is 4.81. The van der Waals surface area contributed by atoms with Gasteiger partial charge in [0.05, 0.1) is 23.6 Å². The van der Waals surface area contributed by atoms with Crippen LogP contribution < -0.4 is 5.32 Å². The molecule has 1 fully saturated rings. The summed E-state index contributed by atoms with van der Waals surface area (Å²) in [5, 5.41) is 3.07. The van der Waals surface area contributed by atoms with E-state index in [-0.39, 0.29) is 18.0 Å². The third-order valence-corrected chi connectivity index (χ3v) is 5.30. The zero-order chi connectivity index (χ0) is 20.1. The highest BCUT2D eigenvalue weighted by molar-refractivity contribution is 9.10. The molecule has 0 bridgehead atoms. The van der Waals surface area contributed by atoms with E-state index in [4.69, 9.17) is 4.74 Å². The fraction of sp³-hybridized carbons (Fsp3) is 0.381. The number of aromatic nitrogens is 1. The van der Waals surface area contributed by atoms with Gasteiger partial charge in [0.25, 0.3) is 5.91 Å². The lowest BCUT2D eigenvalue weighted by atomic mass is 10.0. The SMILES string of the molecule is CCOC(=O)N1CCC(NC(=O)c2ccc(-c3cccc(Br)c3)nc2C)CC1. The molecule has 0 unspecified atom stereocenters. The maximum absolute atomic E-state index is 12.7. The maximum atomic E-state index is 12.7. The molecule has 2 aromatic rings. The number of ether oxygens (including phenoxy) is 1. The van der Waals surface area contributed by atoms with Crippen LogP contribution in [0, 0.1) is 6.92 Å². The summed E-state index contributed by atoms with van der Waals surface area (Å²) in [5.41, 5.74) is 3.10. The monoisotopic (exact) mass is 445 g/mol. The molecule has 1 aliphatic heterocycles. The van der Waals surface area contributed by atoms with Gasteiger partial charge in [-0.05, 0) is 51.0 Å². The number of piperidine rings is 1. The molecule has 7 heteroatoms. The molecule has 0 saturated carbocycles. The number of pyridine rings is 1. The number of amides is 2. The Morgan fingerprint density at radius 3 is 2.64 bits per heavy atom. The molecule has 2 amide bonds. The number of nitrogens with zero attached hydrogens (tertiary/aromatic N) is 2. The van der Waals surface area contributed by atoms with Gasteiger partial charge in [-0.25, -0.2) is 4.79 Å². The van der Waals surface area contributed by atoms with Gasteiger partial charge in [-0.15, -0.1) is 0 Å². The van der Waals surface area contributed by atoms with Gasteiger partial charge < -0.3 is 15.0 Å². The normalized spacial score (nSPS) is 14.6. The smallest absolute Gasteiger partial charge is 0.409 e. The van der Waals surface area contributed by atoms with Crippen molar-refractivity contribution in [3.63, 3.8) is 0 Å². The molecule has 1 saturated heterocycles. The van der Waals surface area contributed by atoms with Crippen LogP contribution in [0.15, 0.2) is 40.9 Å². The molecule has 0 atom stereocenters. The molecule has 3 rings (SSSR count). The number of nitrogens with one attached hydrogen (secondary N) is 1. The predicted molar refractivity (Wildman–Crippen MR) is 111 cm³/mol. The van der Waals surface area contributed by atoms with Crippen LogP contribution in [0.4, 0.5) is 4.79 Å². The number of hydrogen-bond donors (Lipinski definition) is 1. The average molecular weight is 446 g/mol. The molecule has 0 radical (unpaired) electrons. The summed E-state index contributed by atoms with van der Waals surface area (Å²) >= 11 is 3.47. The fourth-order valence-electron chi connectivity index (χ4n) is 3.29. The minimum atomic E-state index is -0.282. The first-order chi connectivity index (χ1) is 13.5. The molecule has 0 spiro atoms. The van der Waals surface area contributed by atoms with Crippen molar-refractivity contribution < 1.29 is 14.3 Å². The van der Waals surface area contributed by atoms with Crippen molar-refractivity contribution >= 4 is 27.9 Å². The molecule has 2 heterocycles. The highest BCUT2D eigenvalue weighted by atomic mass is 79.9. The Morgan fingerprint density at radius 2 is 2.00 bits per heavy atom. The van der Waals surface area contributed by atoms with Crippen LogP contribution in [0.1, 0.15) is 35.8 Å². The number of carbonyl (C=O) groups is 2. The number of benzene rings is 1. The van der Waals surface area contributed by atoms with Gasteiger partial charge >= 0.3 is 6.09 Å². The number of likely N-dealkylation sites (tertiary alicyclic amines) is 1. The van der Waals surface area contributed by atoms with Crippen LogP contribution in [-0.4, -0.2) is 47.6 Å². The standard InChI is InChI=1S/C21H24BrN3O3/c1-3-28-21(27)25-11-9-17(10-12-25)24-20(26)18-7-8-19(23-14(18)2)15-5-4-6-16(22)13-15/h4-8,13,17H,3,9-12H2,1-2H3,(H,24,26). The Morgan fingerprint density at radius 1 is 1.25 bits per heavy atom. The van der Waals surface area contributed by atoms with E-state index in [0.29, 0.717) is 43.8 Å². The topological polar surface area (TPSA) is 71.5 Å². The molecule has 0 aliphatic carbocycles. The summed E-state index contributed by atoms with van der Waals surface area (Å²) in [6, 6.07) is 11.6. The molecule has 1 aromatic heterocycles. The lowest BCUT2D eigenvalue weighted by Gasteiger charge is -2.31. The van der Waals surface area contributed by atoms with Gasteiger partial charge in [0.1, 0.15) is 0 Å². The Balaban J connectivity index is 1.61. The Hall–Kier alpha value is -2.41. The number of carbonyl (C=O) groups excluding carboxylic acids is 2. The van der Waals surface area contributed by atoms with Crippen molar-refractivity contribution in [2.24, 2.45) is 0 Å². The van der Waals surface area contributed by atoms with Crippen molar-refractivity contribution in [2.75, 3.05) is 19.7 Å². The van der Waals surface area contributed by atoms with Gasteiger partial charge in [-0.1, -0.05) is 28.1 Å². The van der Waals surface area contributed by atoms with E-state index in [1.54, 1.807) is 11.8 Å². The zero-order valence-electron chi connectivity index (χ0n) is 16.1. The first kappa shape index (κ1) is 20.3. The van der Waals surface area contributed by atoms with Gasteiger partial charge in [0.2, 0.25) is 0 Å². The van der Waals surface area contributed by atoms with Crippen LogP contribution >= 0.6 is 15.9 Å². The molecular formula is C21H24BrN3O3. The average Bonchev–Trinajstić information content (AvgIpc) is 2.68. The van der Waals surface area contributed by atoms with Gasteiger partial charge in [-0.3, -0.25) is 9.78 Å². The first-order valence-corrected chi connectivity index (χ1v) is 10.2. The predicted octanol–water partition coefficient (Wildman–Crippen LogP) is 4.17. The lowest BCUT2D eigenvalue weighted by molar-refractivity contribution is 0.0859. The van der Waals surface area contributed by atoms with Gasteiger partial charge in [-0.2, -0.15) is 0 Å². The Kier molecular flexibility index (Phi) is 6.67. The van der Waals surface area contributed by atoms with Gasteiger partial charge in [0.15, 0.2) is 0 Å². The quantitative estimate of drug-likeness (QED) is 0.766. The van der Waals surface area contributed by atoms with E-state index in [1.165, 1.54) is 0 Å². The molecule has 6 nitrogen and oxygen atoms in total. The summed E-state index contributed by atoms with van der Waals surface area (Å²) in [5.74, 6) is -0.125. The fourth-order valence-corrected chi connectivity index (χ4v) is 3.69. The van der Waals surface area contributed by atoms with Gasteiger partial charge in [0, 0.05) is 29.2 Å². The second kappa shape index (κ2) is 9.19. The molecule has 28 heavy (non-hydrogen) atoms. The van der Waals surface area contributed by atoms with E-state index < -0.39 is 0 Å². The van der Waals surface area contributed by atoms with Crippen molar-refractivity contribution in [3.8, 4) is 11.3 Å². The van der Waals surface area contributed by atoms with Crippen LogP contribution in [0.2, 0.25) is 0 Å². The first-order valence-electron chi connectivity index (χ1n) is 9.44. The van der Waals surface area contributed by atoms with E-state index in [0.717, 1.165) is 15.7 Å². The maximum Gasteiger partial charge on any atom is 0.409 e. The van der Waals surface area contributed by atoms with Crippen LogP contribution in [-0.2, 0) is 4.74 Å². The van der Waals surface area contributed by atoms with Crippen molar-refractivity contribution in [3.05, 3.63) is 52.1 Å². The molecule has 1 aliphatic rings. The molecular weight excluding hydrogens is 422 g/mol. The largest absolute Gasteiger partial charge is 0.450 e. The third kappa shape index (κ3) is 4.90. The zero-order valence-corrected chi connectivity index (χ0v) is 17.7. The lowest BCUT2D eigenvalue weighted by Crippen LogP contribution is -2.46. The highest BCUT2D eigenvalue weighted by Gasteiger charge is 2.25. The van der Waals surface area contributed by atoms with E-state index >= 15 is 0 Å². The number of aryl methyl sites for hydroxylation is 1. The number of rotatable bonds is 4. The van der Waals surface area contributed by atoms with Crippen molar-refractivity contribution in [2.45, 2.75) is 32.7 Å². The van der Waals surface area contributed by atoms with Crippen LogP contribution in [0.5, 0.6) is 0 Å². The van der Waals surface area contributed by atoms with E-state index in [2.05, 4.69) is 26.2 Å². The summed E-state index contributed by atoms with van der Waals surface area (Å²) in [7, 11) is 0. The van der Waals surface area contributed by atoms with E-state index in [9.17, 15) is 9.59 Å². The molecule has 1 aromatic carbocycles. The van der Waals surface area contributed by atoms with Crippen molar-refractivity contribution in [1.29, 1.82) is 0 Å². The van der Waals surface area contributed by atoms with Crippen LogP contribution in [0.3, 0.4) is 0 Å². The second-order valence-corrected chi connectivity index (χ2v) is 7.69. The van der Waals surface area contributed by atoms with Crippen molar-refractivity contribution in [1.82, 2.24) is 15.2 Å². The highest BCUT2D eigenvalue weighted by Crippen LogP contribution is 2.23. The molecule has 148 valence electrons. The minimum Gasteiger partial charge on any atom is -0.450 e. The summed E-state index contributed by atoms with van der Waals surface area (Å²) < 4.78 is 6.01. The summed E-state index contributed by atoms with van der Waals surface area (Å²) in [4.78, 5) is 30.7. The second-order valence-electron chi connectivity index (χ2n) is 6.77. The van der Waals surface area contributed by atoms with E-state index in [1.807, 2.05) is 43.3 Å². The summed E-state index contributed by atoms with van der Waals surface area (Å²) in [6.07, 6.45) is 1.15. The summed E-state index contributed by atoms with van der Waals surface area (Å²) in [6.45, 7) is 5.19. The Bertz CT molecular complexity index is 864.